The van der Waals surface area contributed by atoms with Crippen LogP contribution in [0.15, 0.2) is 5.16 Å². The Labute approximate surface area is 92.5 Å². The minimum absolute atomic E-state index is 0.260. The van der Waals surface area contributed by atoms with Crippen molar-refractivity contribution in [3.63, 3.8) is 0 Å². The number of hydrogen-bond donors (Lipinski definition) is 0. The Bertz CT molecular complexity index is 373. The van der Waals surface area contributed by atoms with Crippen molar-refractivity contribution >= 4 is 23.4 Å². The van der Waals surface area contributed by atoms with Gasteiger partial charge in [0.15, 0.2) is 10.3 Å². The normalized spacial score (nSPS) is 9.86. The van der Waals surface area contributed by atoms with E-state index >= 15 is 0 Å². The molecule has 1 aromatic heterocycles. The molecule has 0 aliphatic heterocycles. The van der Waals surface area contributed by atoms with Crippen LogP contribution in [0, 0.1) is 11.3 Å². The zero-order chi connectivity index (χ0) is 10.6. The standard InChI is InChI=1S/C9H10ClN3S/c1-3-4-7-6(5-11)8(10)13-9(12-7)14-2/h3-4H2,1-2H3. The highest BCUT2D eigenvalue weighted by atomic mass is 35.5. The second-order valence-corrected chi connectivity index (χ2v) is 3.82. The van der Waals surface area contributed by atoms with Gasteiger partial charge in [-0.15, -0.1) is 0 Å². The Kier molecular flexibility index (Phi) is 4.18. The number of thioether (sulfide) groups is 1. The van der Waals surface area contributed by atoms with Crippen molar-refractivity contribution in [1.29, 1.82) is 5.26 Å². The first-order valence-electron chi connectivity index (χ1n) is 4.23. The average Bonchev–Trinajstić information content (AvgIpc) is 2.18. The molecule has 0 N–H and O–H groups in total. The SMILES string of the molecule is CCCc1nc(SC)nc(Cl)c1C#N. The van der Waals surface area contributed by atoms with Crippen LogP contribution in [0.25, 0.3) is 0 Å². The molecule has 0 fully saturated rings. The largest absolute Gasteiger partial charge is 0.226 e. The summed E-state index contributed by atoms with van der Waals surface area (Å²) in [7, 11) is 0. The number of hydrogen-bond acceptors (Lipinski definition) is 4. The number of nitrogens with zero attached hydrogens (tertiary/aromatic N) is 3. The van der Waals surface area contributed by atoms with Crippen LogP contribution in [-0.4, -0.2) is 16.2 Å². The van der Waals surface area contributed by atoms with Gasteiger partial charge in [-0.05, 0) is 12.7 Å². The van der Waals surface area contributed by atoms with Gasteiger partial charge in [-0.3, -0.25) is 0 Å². The van der Waals surface area contributed by atoms with Gasteiger partial charge < -0.3 is 0 Å². The molecule has 1 aromatic rings. The van der Waals surface area contributed by atoms with Crippen LogP contribution in [-0.2, 0) is 6.42 Å². The lowest BCUT2D eigenvalue weighted by atomic mass is 10.1. The van der Waals surface area contributed by atoms with E-state index in [1.807, 2.05) is 19.2 Å². The summed E-state index contributed by atoms with van der Waals surface area (Å²) in [5.74, 6) is 0. The first-order chi connectivity index (χ1) is 6.72. The summed E-state index contributed by atoms with van der Waals surface area (Å²) in [5.41, 5.74) is 1.16. The second-order valence-electron chi connectivity index (χ2n) is 2.68. The summed E-state index contributed by atoms with van der Waals surface area (Å²) < 4.78 is 0. The molecular weight excluding hydrogens is 218 g/mol. The van der Waals surface area contributed by atoms with Crippen LogP contribution < -0.4 is 0 Å². The van der Waals surface area contributed by atoms with Gasteiger partial charge in [0, 0.05) is 0 Å². The fourth-order valence-electron chi connectivity index (χ4n) is 1.07. The molecule has 0 spiro atoms. The quantitative estimate of drug-likeness (QED) is 0.453. The van der Waals surface area contributed by atoms with Crippen LogP contribution in [0.5, 0.6) is 0 Å². The lowest BCUT2D eigenvalue weighted by Crippen LogP contribution is -2.00. The molecule has 1 rings (SSSR count). The molecule has 0 atom stereocenters. The highest BCUT2D eigenvalue weighted by Crippen LogP contribution is 2.20. The molecule has 1 heterocycles. The van der Waals surface area contributed by atoms with E-state index in [4.69, 9.17) is 16.9 Å². The Hall–Kier alpha value is -0.790. The van der Waals surface area contributed by atoms with Gasteiger partial charge in [0.25, 0.3) is 0 Å². The molecule has 14 heavy (non-hydrogen) atoms. The van der Waals surface area contributed by atoms with E-state index in [0.717, 1.165) is 18.5 Å². The van der Waals surface area contributed by atoms with Gasteiger partial charge >= 0.3 is 0 Å². The van der Waals surface area contributed by atoms with Crippen molar-refractivity contribution < 1.29 is 0 Å². The molecule has 0 bridgehead atoms. The van der Waals surface area contributed by atoms with E-state index in [1.165, 1.54) is 11.8 Å². The minimum atomic E-state index is 0.260. The van der Waals surface area contributed by atoms with Gasteiger partial charge in [-0.2, -0.15) is 5.26 Å². The molecule has 74 valence electrons. The van der Waals surface area contributed by atoms with Crippen molar-refractivity contribution in [3.8, 4) is 6.07 Å². The van der Waals surface area contributed by atoms with Crippen molar-refractivity contribution in [2.24, 2.45) is 0 Å². The van der Waals surface area contributed by atoms with Crippen molar-refractivity contribution in [2.45, 2.75) is 24.9 Å². The average molecular weight is 228 g/mol. The fourth-order valence-corrected chi connectivity index (χ4v) is 1.74. The molecule has 3 nitrogen and oxygen atoms in total. The van der Waals surface area contributed by atoms with Crippen molar-refractivity contribution in [3.05, 3.63) is 16.4 Å². The zero-order valence-corrected chi connectivity index (χ0v) is 9.61. The summed E-state index contributed by atoms with van der Waals surface area (Å²) in [5, 5.41) is 9.75. The Morgan fingerprint density at radius 2 is 2.21 bits per heavy atom. The van der Waals surface area contributed by atoms with Crippen LogP contribution in [0.3, 0.4) is 0 Å². The molecule has 0 saturated heterocycles. The van der Waals surface area contributed by atoms with Crippen LogP contribution in [0.4, 0.5) is 0 Å². The third kappa shape index (κ3) is 2.37. The summed E-state index contributed by atoms with van der Waals surface area (Å²) in [6.07, 6.45) is 3.59. The van der Waals surface area contributed by atoms with Gasteiger partial charge in [-0.25, -0.2) is 9.97 Å². The monoisotopic (exact) mass is 227 g/mol. The maximum atomic E-state index is 8.87. The molecule has 0 saturated carbocycles. The third-order valence-corrected chi connectivity index (χ3v) is 2.52. The maximum absolute atomic E-state index is 8.87. The van der Waals surface area contributed by atoms with Gasteiger partial charge in [0.1, 0.15) is 11.6 Å². The second kappa shape index (κ2) is 5.18. The van der Waals surface area contributed by atoms with E-state index in [2.05, 4.69) is 9.97 Å². The van der Waals surface area contributed by atoms with Gasteiger partial charge in [0.05, 0.1) is 5.69 Å². The number of aryl methyl sites for hydroxylation is 1. The van der Waals surface area contributed by atoms with E-state index in [0.29, 0.717) is 10.7 Å². The minimum Gasteiger partial charge on any atom is -0.226 e. The van der Waals surface area contributed by atoms with Crippen LogP contribution in [0.2, 0.25) is 5.15 Å². The first kappa shape index (κ1) is 11.3. The number of rotatable bonds is 3. The summed E-state index contributed by atoms with van der Waals surface area (Å²) >= 11 is 7.29. The number of nitriles is 1. The summed E-state index contributed by atoms with van der Waals surface area (Å²) in [6.45, 7) is 2.04. The molecule has 0 aliphatic carbocycles. The molecule has 0 amide bonds. The van der Waals surface area contributed by atoms with E-state index in [1.54, 1.807) is 0 Å². The smallest absolute Gasteiger partial charge is 0.189 e. The van der Waals surface area contributed by atoms with Crippen LogP contribution in [0.1, 0.15) is 24.6 Å². The highest BCUT2D eigenvalue weighted by molar-refractivity contribution is 7.98. The molecule has 0 unspecified atom stereocenters. The Morgan fingerprint density at radius 1 is 1.50 bits per heavy atom. The van der Waals surface area contributed by atoms with Crippen molar-refractivity contribution in [2.75, 3.05) is 6.26 Å². The lowest BCUT2D eigenvalue weighted by Gasteiger charge is -2.04. The molecular formula is C9H10ClN3S. The van der Waals surface area contributed by atoms with Gasteiger partial charge in [-0.1, -0.05) is 36.7 Å². The van der Waals surface area contributed by atoms with Crippen LogP contribution >= 0.6 is 23.4 Å². The molecule has 0 aromatic carbocycles. The predicted molar refractivity (Wildman–Crippen MR) is 57.5 cm³/mol. The maximum Gasteiger partial charge on any atom is 0.189 e. The Morgan fingerprint density at radius 3 is 2.71 bits per heavy atom. The summed E-state index contributed by atoms with van der Waals surface area (Å²) in [6, 6.07) is 2.03. The summed E-state index contributed by atoms with van der Waals surface area (Å²) in [4.78, 5) is 8.26. The number of halogens is 1. The lowest BCUT2D eigenvalue weighted by molar-refractivity contribution is 0.823. The van der Waals surface area contributed by atoms with Gasteiger partial charge in [0.2, 0.25) is 0 Å². The molecule has 0 radical (unpaired) electrons. The Balaban J connectivity index is 3.22. The third-order valence-electron chi connectivity index (χ3n) is 1.70. The fraction of sp³-hybridized carbons (Fsp3) is 0.444. The van der Waals surface area contributed by atoms with Crippen molar-refractivity contribution in [1.82, 2.24) is 9.97 Å². The first-order valence-corrected chi connectivity index (χ1v) is 5.83. The zero-order valence-electron chi connectivity index (χ0n) is 8.04. The molecule has 5 heteroatoms. The number of aromatic nitrogens is 2. The predicted octanol–water partition coefficient (Wildman–Crippen LogP) is 2.68. The topological polar surface area (TPSA) is 49.6 Å². The van der Waals surface area contributed by atoms with E-state index in [-0.39, 0.29) is 5.15 Å². The van der Waals surface area contributed by atoms with E-state index in [9.17, 15) is 0 Å². The van der Waals surface area contributed by atoms with E-state index < -0.39 is 0 Å². The highest BCUT2D eigenvalue weighted by Gasteiger charge is 2.11. The molecule has 0 aliphatic rings.